The SMILES string of the molecule is Cc1ccc(C)c(OCCC(=O)Nc2ccc(C(=O)c3nccn3C)cc2)c1. The van der Waals surface area contributed by atoms with Crippen molar-refractivity contribution in [2.45, 2.75) is 20.3 Å². The number of hydrogen-bond donors (Lipinski definition) is 1. The third-order valence-electron chi connectivity index (χ3n) is 4.39. The molecular weight excluding hydrogens is 354 g/mol. The van der Waals surface area contributed by atoms with Gasteiger partial charge < -0.3 is 14.6 Å². The first-order chi connectivity index (χ1) is 13.4. The van der Waals surface area contributed by atoms with E-state index in [4.69, 9.17) is 4.74 Å². The Balaban J connectivity index is 1.52. The molecule has 0 saturated carbocycles. The second-order valence-corrected chi connectivity index (χ2v) is 6.68. The molecule has 0 spiro atoms. The molecule has 6 nitrogen and oxygen atoms in total. The summed E-state index contributed by atoms with van der Waals surface area (Å²) < 4.78 is 7.39. The highest BCUT2D eigenvalue weighted by atomic mass is 16.5. The fourth-order valence-corrected chi connectivity index (χ4v) is 2.76. The van der Waals surface area contributed by atoms with Gasteiger partial charge in [0.25, 0.3) is 0 Å². The van der Waals surface area contributed by atoms with Crippen LogP contribution in [0.15, 0.2) is 54.9 Å². The van der Waals surface area contributed by atoms with Crippen molar-refractivity contribution in [3.05, 3.63) is 77.4 Å². The van der Waals surface area contributed by atoms with Crippen LogP contribution in [0.5, 0.6) is 5.75 Å². The van der Waals surface area contributed by atoms with Gasteiger partial charge in [0.05, 0.1) is 13.0 Å². The molecule has 1 heterocycles. The quantitative estimate of drug-likeness (QED) is 0.638. The highest BCUT2D eigenvalue weighted by Crippen LogP contribution is 2.19. The maximum atomic E-state index is 12.4. The molecule has 1 amide bonds. The topological polar surface area (TPSA) is 73.2 Å². The molecule has 0 aliphatic rings. The summed E-state index contributed by atoms with van der Waals surface area (Å²) in [6.45, 7) is 4.27. The lowest BCUT2D eigenvalue weighted by Crippen LogP contribution is -2.15. The number of ether oxygens (including phenoxy) is 1. The average molecular weight is 377 g/mol. The molecule has 0 aliphatic heterocycles. The molecule has 0 saturated heterocycles. The third kappa shape index (κ3) is 4.65. The molecule has 0 bridgehead atoms. The number of ketones is 1. The van der Waals surface area contributed by atoms with E-state index in [9.17, 15) is 9.59 Å². The van der Waals surface area contributed by atoms with Gasteiger partial charge in [0.1, 0.15) is 5.75 Å². The van der Waals surface area contributed by atoms with Crippen LogP contribution >= 0.6 is 0 Å². The zero-order valence-electron chi connectivity index (χ0n) is 16.2. The summed E-state index contributed by atoms with van der Waals surface area (Å²) in [5, 5.41) is 2.82. The predicted octanol–water partition coefficient (Wildman–Crippen LogP) is 3.68. The first kappa shape index (κ1) is 19.4. The summed E-state index contributed by atoms with van der Waals surface area (Å²) in [4.78, 5) is 28.6. The van der Waals surface area contributed by atoms with Gasteiger partial charge in [0.2, 0.25) is 11.7 Å². The number of anilines is 1. The lowest BCUT2D eigenvalue weighted by atomic mass is 10.1. The van der Waals surface area contributed by atoms with Crippen molar-refractivity contribution in [1.29, 1.82) is 0 Å². The molecule has 0 fully saturated rings. The van der Waals surface area contributed by atoms with Crippen LogP contribution in [0.3, 0.4) is 0 Å². The number of aryl methyl sites for hydroxylation is 3. The van der Waals surface area contributed by atoms with Crippen LogP contribution in [-0.4, -0.2) is 27.8 Å². The van der Waals surface area contributed by atoms with Crippen molar-refractivity contribution in [2.75, 3.05) is 11.9 Å². The summed E-state index contributed by atoms with van der Waals surface area (Å²) in [5.41, 5.74) is 3.31. The molecule has 1 N–H and O–H groups in total. The molecule has 3 aromatic rings. The lowest BCUT2D eigenvalue weighted by Gasteiger charge is -2.10. The van der Waals surface area contributed by atoms with E-state index in [2.05, 4.69) is 10.3 Å². The van der Waals surface area contributed by atoms with Gasteiger partial charge in [-0.1, -0.05) is 12.1 Å². The third-order valence-corrected chi connectivity index (χ3v) is 4.39. The number of imidazole rings is 1. The van der Waals surface area contributed by atoms with Crippen LogP contribution in [0.1, 0.15) is 33.7 Å². The van der Waals surface area contributed by atoms with E-state index in [0.717, 1.165) is 16.9 Å². The fourth-order valence-electron chi connectivity index (χ4n) is 2.76. The zero-order valence-corrected chi connectivity index (χ0v) is 16.2. The number of rotatable bonds is 7. The molecule has 0 atom stereocenters. The van der Waals surface area contributed by atoms with Crippen molar-refractivity contribution >= 4 is 17.4 Å². The Morgan fingerprint density at radius 2 is 1.86 bits per heavy atom. The van der Waals surface area contributed by atoms with Gasteiger partial charge in [-0.2, -0.15) is 0 Å². The number of carbonyl (C=O) groups is 2. The Morgan fingerprint density at radius 1 is 1.11 bits per heavy atom. The van der Waals surface area contributed by atoms with Gasteiger partial charge in [-0.15, -0.1) is 0 Å². The molecule has 0 aliphatic carbocycles. The maximum absolute atomic E-state index is 12.4. The second-order valence-electron chi connectivity index (χ2n) is 6.68. The minimum absolute atomic E-state index is 0.145. The molecule has 0 unspecified atom stereocenters. The molecule has 0 radical (unpaired) electrons. The van der Waals surface area contributed by atoms with Gasteiger partial charge in [-0.05, 0) is 55.3 Å². The van der Waals surface area contributed by atoms with E-state index >= 15 is 0 Å². The molecular formula is C22H23N3O3. The largest absolute Gasteiger partial charge is 0.493 e. The van der Waals surface area contributed by atoms with Crippen molar-refractivity contribution in [1.82, 2.24) is 9.55 Å². The van der Waals surface area contributed by atoms with Crippen molar-refractivity contribution in [3.63, 3.8) is 0 Å². The van der Waals surface area contributed by atoms with Gasteiger partial charge >= 0.3 is 0 Å². The van der Waals surface area contributed by atoms with Crippen LogP contribution in [0.2, 0.25) is 0 Å². The number of hydrogen-bond acceptors (Lipinski definition) is 4. The number of nitrogens with one attached hydrogen (secondary N) is 1. The van der Waals surface area contributed by atoms with Crippen molar-refractivity contribution in [3.8, 4) is 5.75 Å². The zero-order chi connectivity index (χ0) is 20.1. The van der Waals surface area contributed by atoms with Crippen LogP contribution in [0.4, 0.5) is 5.69 Å². The number of aromatic nitrogens is 2. The summed E-state index contributed by atoms with van der Waals surface area (Å²) in [6.07, 6.45) is 3.55. The van der Waals surface area contributed by atoms with E-state index < -0.39 is 0 Å². The van der Waals surface area contributed by atoms with E-state index in [-0.39, 0.29) is 18.1 Å². The highest BCUT2D eigenvalue weighted by molar-refractivity contribution is 6.07. The number of amides is 1. The van der Waals surface area contributed by atoms with E-state index in [1.54, 1.807) is 48.3 Å². The van der Waals surface area contributed by atoms with Crippen LogP contribution in [-0.2, 0) is 11.8 Å². The first-order valence-electron chi connectivity index (χ1n) is 9.06. The molecule has 3 rings (SSSR count). The summed E-state index contributed by atoms with van der Waals surface area (Å²) in [7, 11) is 1.77. The van der Waals surface area contributed by atoms with Gasteiger partial charge in [-0.25, -0.2) is 4.98 Å². The van der Waals surface area contributed by atoms with Crippen molar-refractivity contribution < 1.29 is 14.3 Å². The Kier molecular flexibility index (Phi) is 5.89. The lowest BCUT2D eigenvalue weighted by molar-refractivity contribution is -0.116. The first-order valence-corrected chi connectivity index (χ1v) is 9.06. The van der Waals surface area contributed by atoms with E-state index in [1.807, 2.05) is 32.0 Å². The number of nitrogens with zero attached hydrogens (tertiary/aromatic N) is 2. The predicted molar refractivity (Wildman–Crippen MR) is 108 cm³/mol. The molecule has 6 heteroatoms. The van der Waals surface area contributed by atoms with Crippen molar-refractivity contribution in [2.24, 2.45) is 7.05 Å². The van der Waals surface area contributed by atoms with Crippen LogP contribution in [0, 0.1) is 13.8 Å². The minimum atomic E-state index is -0.160. The number of benzene rings is 2. The minimum Gasteiger partial charge on any atom is -0.493 e. The molecule has 2 aromatic carbocycles. The monoisotopic (exact) mass is 377 g/mol. The normalized spacial score (nSPS) is 10.5. The Hall–Kier alpha value is -3.41. The Bertz CT molecular complexity index is 991. The second kappa shape index (κ2) is 8.52. The van der Waals surface area contributed by atoms with Gasteiger partial charge in [0, 0.05) is 30.7 Å². The molecule has 28 heavy (non-hydrogen) atoms. The van der Waals surface area contributed by atoms with Gasteiger partial charge in [0.15, 0.2) is 5.82 Å². The highest BCUT2D eigenvalue weighted by Gasteiger charge is 2.13. The molecule has 1 aromatic heterocycles. The Morgan fingerprint density at radius 3 is 2.54 bits per heavy atom. The van der Waals surface area contributed by atoms with E-state index in [0.29, 0.717) is 23.7 Å². The van der Waals surface area contributed by atoms with E-state index in [1.165, 1.54) is 0 Å². The van der Waals surface area contributed by atoms with Crippen LogP contribution in [0.25, 0.3) is 0 Å². The standard InChI is InChI=1S/C22H23N3O3/c1-15-4-5-16(2)19(14-15)28-13-10-20(26)24-18-8-6-17(7-9-18)21(27)22-23-11-12-25(22)3/h4-9,11-12,14H,10,13H2,1-3H3,(H,24,26). The summed E-state index contributed by atoms with van der Waals surface area (Å²) in [5.74, 6) is 0.867. The molecule has 144 valence electrons. The number of carbonyl (C=O) groups excluding carboxylic acids is 2. The van der Waals surface area contributed by atoms with Crippen LogP contribution < -0.4 is 10.1 Å². The Labute approximate surface area is 164 Å². The van der Waals surface area contributed by atoms with Gasteiger partial charge in [-0.3, -0.25) is 9.59 Å². The summed E-state index contributed by atoms with van der Waals surface area (Å²) in [6, 6.07) is 12.8. The smallest absolute Gasteiger partial charge is 0.228 e. The summed E-state index contributed by atoms with van der Waals surface area (Å²) >= 11 is 0. The average Bonchev–Trinajstić information content (AvgIpc) is 3.10. The maximum Gasteiger partial charge on any atom is 0.228 e. The fraction of sp³-hybridized carbons (Fsp3) is 0.227.